The van der Waals surface area contributed by atoms with Crippen LogP contribution in [0.25, 0.3) is 21.5 Å². The number of likely N-dealkylation sites (N-methyl/N-ethyl adjacent to an activating group) is 2. The number of anilines is 2. The second kappa shape index (κ2) is 25.5. The molecule has 8 rings (SSSR count). The van der Waals surface area contributed by atoms with Crippen LogP contribution in [-0.2, 0) is 63.8 Å². The van der Waals surface area contributed by atoms with Crippen molar-refractivity contribution in [2.45, 2.75) is 89.2 Å². The topological polar surface area (TPSA) is 244 Å². The number of carbonyl (C=O) groups is 8. The van der Waals surface area contributed by atoms with Crippen molar-refractivity contribution in [3.63, 3.8) is 0 Å². The summed E-state index contributed by atoms with van der Waals surface area (Å²) in [5.74, 6) is -3.35. The van der Waals surface area contributed by atoms with E-state index in [2.05, 4.69) is 0 Å². The molecule has 5 aromatic carbocycles. The number of rotatable bonds is 18. The zero-order chi connectivity index (χ0) is 57.5. The molecule has 0 bridgehead atoms. The van der Waals surface area contributed by atoms with Gasteiger partial charge in [0.05, 0.1) is 18.5 Å². The maximum Gasteiger partial charge on any atom is 0.415 e. The minimum absolute atomic E-state index is 0.0403. The summed E-state index contributed by atoms with van der Waals surface area (Å²) in [5.41, 5.74) is 3.45. The van der Waals surface area contributed by atoms with Gasteiger partial charge in [0.1, 0.15) is 23.9 Å². The Balaban J connectivity index is 0.858. The first kappa shape index (κ1) is 58.3. The summed E-state index contributed by atoms with van der Waals surface area (Å²) in [4.78, 5) is 110. The van der Waals surface area contributed by atoms with Gasteiger partial charge >= 0.3 is 36.1 Å². The van der Waals surface area contributed by atoms with E-state index in [0.717, 1.165) is 49.8 Å². The quantitative estimate of drug-likeness (QED) is 0.0502. The van der Waals surface area contributed by atoms with Gasteiger partial charge in [0.15, 0.2) is 18.3 Å². The Morgan fingerprint density at radius 1 is 0.650 bits per heavy atom. The number of phenols is 1. The largest absolute Gasteiger partial charge is 0.507 e. The first-order chi connectivity index (χ1) is 38.3. The monoisotopic (exact) mass is 1140 g/mol. The van der Waals surface area contributed by atoms with Crippen molar-refractivity contribution in [2.75, 3.05) is 68.9 Å². The lowest BCUT2D eigenvalue weighted by Crippen LogP contribution is -2.64. The molecule has 3 heterocycles. The fraction of sp³-hybridized carbons (Fsp3) is 0.404. The number of esters is 4. The molecule has 0 spiro atoms. The normalized spacial score (nSPS) is 20.0. The summed E-state index contributed by atoms with van der Waals surface area (Å²) in [7, 11) is 4.08. The standard InChI is InChI=1S/C57H60Cl2N4O17/c1-31(64)75-50-51(76-32(2)65)53(77-33(3)66)55(80-52(50)54(70)73-6)78-37-20-18-34(19-21-37)30-74-56(71)60(4)22-23-61(5)57(72)79-45-25-43-49(41-15-10-8-13-39(41)45)36(27-59)29-63(43)47(69)17-11-16-46(68)62-28-35(26-58)48-40-14-9-7-12-38(40)44(67)24-42(48)62/h7-10,12-15,18-21,24-25,35-36,50-53,55,67H,11,16-17,22-23,26-30H2,1-6H3/t35-,36-,50+,51+,52+,53-,55-/m1/s1. The number of alkyl halides is 2. The number of amides is 4. The van der Waals surface area contributed by atoms with Gasteiger partial charge in [-0.1, -0.05) is 60.7 Å². The van der Waals surface area contributed by atoms with Gasteiger partial charge in [-0.3, -0.25) is 24.0 Å². The van der Waals surface area contributed by atoms with Crippen molar-refractivity contribution in [3.05, 3.63) is 102 Å². The molecular weight excluding hydrogens is 1080 g/mol. The molecule has 3 aliphatic heterocycles. The van der Waals surface area contributed by atoms with Crippen LogP contribution in [0, 0.1) is 0 Å². The highest BCUT2D eigenvalue weighted by Gasteiger charge is 2.56. The highest BCUT2D eigenvalue weighted by atomic mass is 35.5. The van der Waals surface area contributed by atoms with E-state index in [1.807, 2.05) is 48.5 Å². The average Bonchev–Trinajstić information content (AvgIpc) is 4.19. The third-order valence-corrected chi connectivity index (χ3v) is 14.7. The van der Waals surface area contributed by atoms with Crippen LogP contribution < -0.4 is 19.3 Å². The Kier molecular flexibility index (Phi) is 18.6. The zero-order valence-electron chi connectivity index (χ0n) is 44.7. The van der Waals surface area contributed by atoms with E-state index in [1.165, 1.54) is 36.0 Å². The number of carbonyl (C=O) groups excluding carboxylic acids is 8. The SMILES string of the molecule is COC(=O)[C@H]1O[C@@H](Oc2ccc(COC(=O)N(C)CCN(C)C(=O)Oc3cc4c(c5ccccc35)[C@H](CCl)CN4C(=O)CCCC(=O)N3C[C@@H](CCl)c4c3cc(O)c3ccccc43)cc2)[C@H](OC(C)=O)[C@@H](OC(C)=O)[C@@H]1OC(C)=O. The summed E-state index contributed by atoms with van der Waals surface area (Å²) in [6.45, 7) is 3.78. The van der Waals surface area contributed by atoms with Gasteiger partial charge in [-0.05, 0) is 46.0 Å². The van der Waals surface area contributed by atoms with Crippen LogP contribution in [0.3, 0.4) is 0 Å². The van der Waals surface area contributed by atoms with Crippen LogP contribution in [0.2, 0.25) is 0 Å². The molecule has 0 aromatic heterocycles. The summed E-state index contributed by atoms with van der Waals surface area (Å²) in [5, 5.41) is 13.8. The number of phenolic OH excluding ortho intramolecular Hbond substituents is 1. The van der Waals surface area contributed by atoms with Crippen molar-refractivity contribution >= 4 is 104 Å². The number of ether oxygens (including phenoxy) is 8. The maximum absolute atomic E-state index is 14.1. The smallest absolute Gasteiger partial charge is 0.415 e. The van der Waals surface area contributed by atoms with Crippen LogP contribution in [0.4, 0.5) is 21.0 Å². The Labute approximate surface area is 470 Å². The molecule has 0 saturated carbocycles. The van der Waals surface area contributed by atoms with E-state index in [9.17, 15) is 43.5 Å². The molecule has 0 aliphatic carbocycles. The fourth-order valence-electron chi connectivity index (χ4n) is 10.2. The molecule has 0 unspecified atom stereocenters. The van der Waals surface area contributed by atoms with Gasteiger partial charge in [0, 0.05) is 120 Å². The van der Waals surface area contributed by atoms with Crippen LogP contribution in [0.15, 0.2) is 84.9 Å². The number of halogens is 2. The van der Waals surface area contributed by atoms with E-state index in [0.29, 0.717) is 40.1 Å². The minimum atomic E-state index is -1.65. The first-order valence-electron chi connectivity index (χ1n) is 25.7. The third kappa shape index (κ3) is 12.7. The Hall–Kier alpha value is -7.88. The highest BCUT2D eigenvalue weighted by Crippen LogP contribution is 2.47. The first-order valence-corrected chi connectivity index (χ1v) is 26.7. The van der Waals surface area contributed by atoms with Gasteiger partial charge in [-0.15, -0.1) is 23.2 Å². The van der Waals surface area contributed by atoms with Crippen LogP contribution >= 0.6 is 23.2 Å². The molecule has 3 aliphatic rings. The van der Waals surface area contributed by atoms with Crippen LogP contribution in [0.5, 0.6) is 17.2 Å². The van der Waals surface area contributed by atoms with Gasteiger partial charge in [0.25, 0.3) is 0 Å². The molecule has 1 saturated heterocycles. The van der Waals surface area contributed by atoms with Crippen LogP contribution in [-0.4, -0.2) is 153 Å². The lowest BCUT2D eigenvalue weighted by molar-refractivity contribution is -0.282. The zero-order valence-corrected chi connectivity index (χ0v) is 46.2. The molecule has 7 atom stereocenters. The number of hydrogen-bond acceptors (Lipinski definition) is 17. The van der Waals surface area contributed by atoms with Gasteiger partial charge in [-0.25, -0.2) is 14.4 Å². The van der Waals surface area contributed by atoms with E-state index in [-0.39, 0.29) is 92.3 Å². The number of aromatic hydroxyl groups is 1. The summed E-state index contributed by atoms with van der Waals surface area (Å²) < 4.78 is 44.2. The summed E-state index contributed by atoms with van der Waals surface area (Å²) in [6.07, 6.45) is -8.90. The lowest BCUT2D eigenvalue weighted by atomic mass is 9.95. The van der Waals surface area contributed by atoms with E-state index >= 15 is 0 Å². The van der Waals surface area contributed by atoms with Gasteiger partial charge < -0.3 is 62.6 Å². The van der Waals surface area contributed by atoms with E-state index in [1.54, 1.807) is 34.1 Å². The average molecular weight is 1140 g/mol. The van der Waals surface area contributed by atoms with Crippen molar-refractivity contribution in [3.8, 4) is 17.2 Å². The van der Waals surface area contributed by atoms with Crippen molar-refractivity contribution in [2.24, 2.45) is 0 Å². The molecule has 0 radical (unpaired) electrons. The molecule has 4 amide bonds. The van der Waals surface area contributed by atoms with Gasteiger partial charge in [0.2, 0.25) is 24.2 Å². The second-order valence-electron chi connectivity index (χ2n) is 19.5. The van der Waals surface area contributed by atoms with Crippen molar-refractivity contribution < 1.29 is 81.4 Å². The number of fused-ring (bicyclic) bond motifs is 6. The molecule has 23 heteroatoms. The van der Waals surface area contributed by atoms with Crippen LogP contribution in [0.1, 0.15) is 68.6 Å². The molecule has 21 nitrogen and oxygen atoms in total. The van der Waals surface area contributed by atoms with Gasteiger partial charge in [-0.2, -0.15) is 0 Å². The fourth-order valence-corrected chi connectivity index (χ4v) is 10.7. The number of methoxy groups -OCH3 is 1. The number of benzene rings is 5. The predicted molar refractivity (Wildman–Crippen MR) is 291 cm³/mol. The molecule has 80 heavy (non-hydrogen) atoms. The molecule has 1 fully saturated rings. The Morgan fingerprint density at radius 2 is 1.15 bits per heavy atom. The second-order valence-corrected chi connectivity index (χ2v) is 20.1. The Bertz CT molecular complexity index is 3200. The summed E-state index contributed by atoms with van der Waals surface area (Å²) >= 11 is 12.9. The predicted octanol–water partition coefficient (Wildman–Crippen LogP) is 7.68. The van der Waals surface area contributed by atoms with E-state index < -0.39 is 66.8 Å². The maximum atomic E-state index is 14.1. The molecule has 424 valence electrons. The van der Waals surface area contributed by atoms with Crippen molar-refractivity contribution in [1.29, 1.82) is 0 Å². The highest BCUT2D eigenvalue weighted by molar-refractivity contribution is 6.19. The lowest BCUT2D eigenvalue weighted by Gasteiger charge is -2.43. The molecular formula is C57H60Cl2N4O17. The minimum Gasteiger partial charge on any atom is -0.507 e. The number of hydrogen-bond donors (Lipinski definition) is 1. The molecule has 1 N–H and O–H groups in total. The van der Waals surface area contributed by atoms with E-state index in [4.69, 9.17) is 61.1 Å². The Morgan fingerprint density at radius 3 is 1.70 bits per heavy atom. The summed E-state index contributed by atoms with van der Waals surface area (Å²) in [6, 6.07) is 24.2. The molecule has 5 aromatic rings. The third-order valence-electron chi connectivity index (χ3n) is 14.0. The number of nitrogens with zero attached hydrogens (tertiary/aromatic N) is 4. The van der Waals surface area contributed by atoms with Crippen molar-refractivity contribution in [1.82, 2.24) is 9.80 Å².